The fraction of sp³-hybridized carbons (Fsp3) is 0.562. The van der Waals surface area contributed by atoms with E-state index in [2.05, 4.69) is 4.90 Å². The molecular formula is C16H22N2O3S. The van der Waals surface area contributed by atoms with Crippen LogP contribution < -0.4 is 0 Å². The van der Waals surface area contributed by atoms with Crippen molar-refractivity contribution in [3.8, 4) is 0 Å². The van der Waals surface area contributed by atoms with E-state index in [1.807, 2.05) is 36.1 Å². The molecule has 2 saturated heterocycles. The third-order valence-electron chi connectivity index (χ3n) is 4.62. The van der Waals surface area contributed by atoms with Gasteiger partial charge in [-0.25, -0.2) is 8.42 Å². The normalized spacial score (nSPS) is 25.3. The maximum Gasteiger partial charge on any atom is 0.253 e. The van der Waals surface area contributed by atoms with E-state index in [0.717, 1.165) is 30.6 Å². The SMILES string of the molecule is Cc1ccc(C(=O)N2CCN(C3CCS(=O)(=O)C3)CC2)cc1. The zero-order valence-electron chi connectivity index (χ0n) is 12.9. The van der Waals surface area contributed by atoms with E-state index in [0.29, 0.717) is 18.8 Å². The highest BCUT2D eigenvalue weighted by molar-refractivity contribution is 7.91. The van der Waals surface area contributed by atoms with Crippen LogP contribution in [0.5, 0.6) is 0 Å². The van der Waals surface area contributed by atoms with Crippen LogP contribution in [0.4, 0.5) is 0 Å². The largest absolute Gasteiger partial charge is 0.336 e. The van der Waals surface area contributed by atoms with Gasteiger partial charge in [-0.3, -0.25) is 9.69 Å². The second-order valence-electron chi connectivity index (χ2n) is 6.25. The maximum atomic E-state index is 12.5. The van der Waals surface area contributed by atoms with E-state index < -0.39 is 9.84 Å². The Morgan fingerprint density at radius 3 is 2.27 bits per heavy atom. The van der Waals surface area contributed by atoms with E-state index in [1.54, 1.807) is 0 Å². The standard InChI is InChI=1S/C16H22N2O3S/c1-13-2-4-14(5-3-13)16(19)18-9-7-17(8-10-18)15-6-11-22(20,21)12-15/h2-5,15H,6-12H2,1H3. The summed E-state index contributed by atoms with van der Waals surface area (Å²) in [6, 6.07) is 7.78. The van der Waals surface area contributed by atoms with Crippen LogP contribution in [0.25, 0.3) is 0 Å². The van der Waals surface area contributed by atoms with Crippen LogP contribution in [0, 0.1) is 6.92 Å². The van der Waals surface area contributed by atoms with Crippen molar-refractivity contribution in [2.24, 2.45) is 0 Å². The minimum absolute atomic E-state index is 0.0682. The second-order valence-corrected chi connectivity index (χ2v) is 8.48. The molecule has 0 aliphatic carbocycles. The summed E-state index contributed by atoms with van der Waals surface area (Å²) in [6.45, 7) is 4.87. The predicted molar refractivity (Wildman–Crippen MR) is 85.7 cm³/mol. The van der Waals surface area contributed by atoms with Gasteiger partial charge >= 0.3 is 0 Å². The smallest absolute Gasteiger partial charge is 0.253 e. The highest BCUT2D eigenvalue weighted by atomic mass is 32.2. The fourth-order valence-electron chi connectivity index (χ4n) is 3.23. The molecule has 5 nitrogen and oxygen atoms in total. The van der Waals surface area contributed by atoms with Gasteiger partial charge in [0, 0.05) is 37.8 Å². The Morgan fingerprint density at radius 1 is 1.09 bits per heavy atom. The van der Waals surface area contributed by atoms with Crippen molar-refractivity contribution in [3.05, 3.63) is 35.4 Å². The zero-order valence-corrected chi connectivity index (χ0v) is 13.7. The predicted octanol–water partition coefficient (Wildman–Crippen LogP) is 0.940. The number of hydrogen-bond donors (Lipinski definition) is 0. The lowest BCUT2D eigenvalue weighted by atomic mass is 10.1. The molecule has 0 radical (unpaired) electrons. The Labute approximate surface area is 131 Å². The summed E-state index contributed by atoms with van der Waals surface area (Å²) in [6.07, 6.45) is 0.730. The molecule has 1 aromatic carbocycles. The lowest BCUT2D eigenvalue weighted by Gasteiger charge is -2.37. The number of carbonyl (C=O) groups excluding carboxylic acids is 1. The van der Waals surface area contributed by atoms with E-state index >= 15 is 0 Å². The lowest BCUT2D eigenvalue weighted by molar-refractivity contribution is 0.0588. The van der Waals surface area contributed by atoms with Crippen molar-refractivity contribution in [2.75, 3.05) is 37.7 Å². The number of hydrogen-bond acceptors (Lipinski definition) is 4. The number of sulfone groups is 1. The average molecular weight is 322 g/mol. The van der Waals surface area contributed by atoms with Crippen molar-refractivity contribution in [1.82, 2.24) is 9.80 Å². The van der Waals surface area contributed by atoms with Gasteiger partial charge in [-0.15, -0.1) is 0 Å². The summed E-state index contributed by atoms with van der Waals surface area (Å²) < 4.78 is 23.2. The molecule has 0 saturated carbocycles. The van der Waals surface area contributed by atoms with Gasteiger partial charge in [0.15, 0.2) is 9.84 Å². The zero-order chi connectivity index (χ0) is 15.7. The molecule has 22 heavy (non-hydrogen) atoms. The Balaban J connectivity index is 1.57. The average Bonchev–Trinajstić information content (AvgIpc) is 2.88. The van der Waals surface area contributed by atoms with Crippen LogP contribution in [-0.4, -0.2) is 67.9 Å². The van der Waals surface area contributed by atoms with Crippen LogP contribution >= 0.6 is 0 Å². The summed E-state index contributed by atoms with van der Waals surface area (Å²) >= 11 is 0. The van der Waals surface area contributed by atoms with Crippen LogP contribution in [-0.2, 0) is 9.84 Å². The number of benzene rings is 1. The Hall–Kier alpha value is -1.40. The number of piperazine rings is 1. The molecule has 1 aromatic rings. The van der Waals surface area contributed by atoms with Crippen LogP contribution in [0.15, 0.2) is 24.3 Å². The highest BCUT2D eigenvalue weighted by Gasteiger charge is 2.34. The Morgan fingerprint density at radius 2 is 1.73 bits per heavy atom. The monoisotopic (exact) mass is 322 g/mol. The first-order valence-corrected chi connectivity index (χ1v) is 9.57. The van der Waals surface area contributed by atoms with Gasteiger partial charge in [0.2, 0.25) is 0 Å². The number of rotatable bonds is 2. The van der Waals surface area contributed by atoms with E-state index in [1.165, 1.54) is 0 Å². The van der Waals surface area contributed by atoms with Crippen molar-refractivity contribution in [3.63, 3.8) is 0 Å². The van der Waals surface area contributed by atoms with E-state index in [-0.39, 0.29) is 17.7 Å². The third kappa shape index (κ3) is 3.33. The van der Waals surface area contributed by atoms with Gasteiger partial charge in [-0.1, -0.05) is 17.7 Å². The van der Waals surface area contributed by atoms with Crippen molar-refractivity contribution in [1.29, 1.82) is 0 Å². The summed E-state index contributed by atoms with van der Waals surface area (Å²) in [5, 5.41) is 0. The summed E-state index contributed by atoms with van der Waals surface area (Å²) in [4.78, 5) is 16.5. The lowest BCUT2D eigenvalue weighted by Crippen LogP contribution is -2.52. The molecule has 0 bridgehead atoms. The quantitative estimate of drug-likeness (QED) is 0.813. The number of amides is 1. The van der Waals surface area contributed by atoms with Crippen LogP contribution in [0.2, 0.25) is 0 Å². The van der Waals surface area contributed by atoms with Crippen molar-refractivity contribution >= 4 is 15.7 Å². The van der Waals surface area contributed by atoms with Crippen molar-refractivity contribution in [2.45, 2.75) is 19.4 Å². The molecule has 0 spiro atoms. The molecule has 0 aromatic heterocycles. The first-order valence-electron chi connectivity index (χ1n) is 7.75. The van der Waals surface area contributed by atoms with Gasteiger partial charge in [0.25, 0.3) is 5.91 Å². The van der Waals surface area contributed by atoms with E-state index in [4.69, 9.17) is 0 Å². The molecule has 0 N–H and O–H groups in total. The second kappa shape index (κ2) is 6.01. The number of carbonyl (C=O) groups is 1. The minimum atomic E-state index is -2.84. The van der Waals surface area contributed by atoms with E-state index in [9.17, 15) is 13.2 Å². The van der Waals surface area contributed by atoms with Crippen molar-refractivity contribution < 1.29 is 13.2 Å². The summed E-state index contributed by atoms with van der Waals surface area (Å²) in [5.41, 5.74) is 1.87. The molecule has 2 aliphatic heterocycles. The van der Waals surface area contributed by atoms with Gasteiger partial charge in [0.1, 0.15) is 0 Å². The molecule has 2 aliphatic rings. The molecule has 120 valence electrons. The number of nitrogens with zero attached hydrogens (tertiary/aromatic N) is 2. The summed E-state index contributed by atoms with van der Waals surface area (Å²) in [7, 11) is -2.84. The summed E-state index contributed by atoms with van der Waals surface area (Å²) in [5.74, 6) is 0.651. The Bertz CT molecular complexity index is 646. The number of aryl methyl sites for hydroxylation is 1. The topological polar surface area (TPSA) is 57.7 Å². The molecule has 1 atom stereocenters. The fourth-order valence-corrected chi connectivity index (χ4v) is 4.99. The molecular weight excluding hydrogens is 300 g/mol. The molecule has 1 amide bonds. The van der Waals surface area contributed by atoms with Crippen LogP contribution in [0.3, 0.4) is 0 Å². The van der Waals surface area contributed by atoms with Gasteiger partial charge in [-0.05, 0) is 25.5 Å². The first kappa shape index (κ1) is 15.5. The molecule has 2 heterocycles. The van der Waals surface area contributed by atoms with Crippen LogP contribution in [0.1, 0.15) is 22.3 Å². The first-order chi connectivity index (χ1) is 10.4. The molecule has 2 fully saturated rings. The molecule has 6 heteroatoms. The van der Waals surface area contributed by atoms with Gasteiger partial charge in [-0.2, -0.15) is 0 Å². The third-order valence-corrected chi connectivity index (χ3v) is 6.38. The van der Waals surface area contributed by atoms with Gasteiger partial charge in [0.05, 0.1) is 11.5 Å². The molecule has 3 rings (SSSR count). The van der Waals surface area contributed by atoms with Gasteiger partial charge < -0.3 is 4.90 Å². The maximum absolute atomic E-state index is 12.5. The Kier molecular flexibility index (Phi) is 4.23. The minimum Gasteiger partial charge on any atom is -0.336 e. The molecule has 1 unspecified atom stereocenters. The highest BCUT2D eigenvalue weighted by Crippen LogP contribution is 2.20.